The normalized spacial score (nSPS) is 15.2. The van der Waals surface area contributed by atoms with Gasteiger partial charge < -0.3 is 38.5 Å². The van der Waals surface area contributed by atoms with Crippen LogP contribution in [0.3, 0.4) is 0 Å². The Bertz CT molecular complexity index is 1040. The maximum atomic E-state index is 13.2. The topological polar surface area (TPSA) is 199 Å². The number of carbonyl (C=O) groups is 8. The van der Waals surface area contributed by atoms with Crippen LogP contribution in [0.4, 0.5) is 0 Å². The fourth-order valence-corrected chi connectivity index (χ4v) is 4.84. The van der Waals surface area contributed by atoms with Gasteiger partial charge >= 0.3 is 23.9 Å². The monoisotopic (exact) mass is 744 g/mol. The number of hydrogen-bond donors (Lipinski definition) is 0. The molecule has 4 amide bonds. The van der Waals surface area contributed by atoms with E-state index in [1.54, 1.807) is 0 Å². The SMILES string of the molecule is COC(=O)CN(C)C(=O)CN1CCN(CC(=O)N(C)CC(=O)OC)CCN(CC(=O)N(C)CC(=O)OC)CCN(CC(=O)N(C)CC(=O)OC)CC1. The molecule has 1 aliphatic heterocycles. The number of methoxy groups -OCH3 is 4. The summed E-state index contributed by atoms with van der Waals surface area (Å²) in [6, 6.07) is 0. The Labute approximate surface area is 305 Å². The van der Waals surface area contributed by atoms with Crippen molar-refractivity contribution < 1.29 is 57.3 Å². The number of amides is 4. The Morgan fingerprint density at radius 3 is 0.654 bits per heavy atom. The van der Waals surface area contributed by atoms with Gasteiger partial charge in [-0.15, -0.1) is 0 Å². The summed E-state index contributed by atoms with van der Waals surface area (Å²) >= 11 is 0. The van der Waals surface area contributed by atoms with Crippen molar-refractivity contribution in [2.24, 2.45) is 0 Å². The maximum absolute atomic E-state index is 13.2. The van der Waals surface area contributed by atoms with Crippen molar-refractivity contribution in [2.75, 3.05) is 161 Å². The van der Waals surface area contributed by atoms with Gasteiger partial charge in [-0.3, -0.25) is 58.0 Å². The van der Waals surface area contributed by atoms with E-state index in [2.05, 4.69) is 18.9 Å². The Balaban J connectivity index is 3.37. The van der Waals surface area contributed by atoms with Gasteiger partial charge in [-0.05, 0) is 0 Å². The van der Waals surface area contributed by atoms with Gasteiger partial charge in [-0.2, -0.15) is 0 Å². The lowest BCUT2D eigenvalue weighted by Crippen LogP contribution is -2.52. The first-order valence-corrected chi connectivity index (χ1v) is 16.7. The lowest BCUT2D eigenvalue weighted by atomic mass is 10.3. The van der Waals surface area contributed by atoms with Gasteiger partial charge in [-0.25, -0.2) is 0 Å². The van der Waals surface area contributed by atoms with Crippen LogP contribution in [0.5, 0.6) is 0 Å². The fraction of sp³-hybridized carbons (Fsp3) is 0.750. The van der Waals surface area contributed by atoms with Crippen molar-refractivity contribution in [3.63, 3.8) is 0 Å². The molecule has 1 rings (SSSR count). The molecule has 0 radical (unpaired) electrons. The number of carbonyl (C=O) groups excluding carboxylic acids is 8. The third kappa shape index (κ3) is 17.7. The van der Waals surface area contributed by atoms with E-state index in [4.69, 9.17) is 0 Å². The molecule has 0 aromatic rings. The van der Waals surface area contributed by atoms with E-state index < -0.39 is 23.9 Å². The smallest absolute Gasteiger partial charge is 0.325 e. The first kappa shape index (κ1) is 45.6. The van der Waals surface area contributed by atoms with E-state index in [1.165, 1.54) is 76.2 Å². The van der Waals surface area contributed by atoms with Gasteiger partial charge in [0.2, 0.25) is 23.6 Å². The van der Waals surface area contributed by atoms with E-state index in [-0.39, 0.29) is 76.0 Å². The minimum atomic E-state index is -0.578. The first-order chi connectivity index (χ1) is 24.5. The summed E-state index contributed by atoms with van der Waals surface area (Å²) in [4.78, 5) is 112. The predicted molar refractivity (Wildman–Crippen MR) is 184 cm³/mol. The van der Waals surface area contributed by atoms with Gasteiger partial charge in [0.15, 0.2) is 0 Å². The van der Waals surface area contributed by atoms with E-state index >= 15 is 0 Å². The molecule has 0 N–H and O–H groups in total. The van der Waals surface area contributed by atoms with E-state index in [0.29, 0.717) is 52.4 Å². The van der Waals surface area contributed by atoms with Crippen LogP contribution in [0.25, 0.3) is 0 Å². The fourth-order valence-electron chi connectivity index (χ4n) is 4.84. The first-order valence-electron chi connectivity index (χ1n) is 16.7. The van der Waals surface area contributed by atoms with Crippen LogP contribution in [-0.4, -0.2) is 248 Å². The van der Waals surface area contributed by atoms with Crippen LogP contribution in [0.2, 0.25) is 0 Å². The largest absolute Gasteiger partial charge is 0.468 e. The summed E-state index contributed by atoms with van der Waals surface area (Å²) in [6.07, 6.45) is 0. The predicted octanol–water partition coefficient (Wildman–Crippen LogP) is -4.27. The molecule has 0 aromatic carbocycles. The lowest BCUT2D eigenvalue weighted by Gasteiger charge is -2.35. The molecule has 0 unspecified atom stereocenters. The molecule has 0 spiro atoms. The van der Waals surface area contributed by atoms with E-state index in [0.717, 1.165) is 0 Å². The molecule has 296 valence electrons. The second kappa shape index (κ2) is 24.0. The van der Waals surface area contributed by atoms with Crippen LogP contribution in [0.15, 0.2) is 0 Å². The number of hydrogen-bond acceptors (Lipinski definition) is 16. The standard InChI is InChI=1S/C32H56N8O12/c1-33(21-29(45)49-5)25(41)17-37-9-11-38(18-26(42)34(2)22-30(46)50-6)13-15-40(20-28(44)36(4)24-32(48)52-8)16-14-39(12-10-37)19-27(43)35(3)23-31(47)51-7/h9-24H2,1-8H3. The van der Waals surface area contributed by atoms with Crippen molar-refractivity contribution in [3.8, 4) is 0 Å². The highest BCUT2D eigenvalue weighted by molar-refractivity contribution is 5.85. The third-order valence-corrected chi connectivity index (χ3v) is 8.44. The zero-order valence-electron chi connectivity index (χ0n) is 31.8. The summed E-state index contributed by atoms with van der Waals surface area (Å²) in [5, 5.41) is 0. The molecule has 0 bridgehead atoms. The van der Waals surface area contributed by atoms with Gasteiger partial charge in [0, 0.05) is 80.5 Å². The molecule has 1 fully saturated rings. The van der Waals surface area contributed by atoms with Crippen molar-refractivity contribution in [1.29, 1.82) is 0 Å². The van der Waals surface area contributed by atoms with E-state index in [9.17, 15) is 38.4 Å². The molecule has 52 heavy (non-hydrogen) atoms. The Morgan fingerprint density at radius 2 is 0.519 bits per heavy atom. The minimum Gasteiger partial charge on any atom is -0.468 e. The molecule has 1 heterocycles. The highest BCUT2D eigenvalue weighted by Gasteiger charge is 2.25. The Hall–Kier alpha value is -4.40. The van der Waals surface area contributed by atoms with Crippen molar-refractivity contribution in [2.45, 2.75) is 0 Å². The maximum Gasteiger partial charge on any atom is 0.325 e. The number of nitrogens with zero attached hydrogens (tertiary/aromatic N) is 8. The summed E-state index contributed by atoms with van der Waals surface area (Å²) in [6.45, 7) is 1.15. The van der Waals surface area contributed by atoms with Crippen LogP contribution in [0.1, 0.15) is 0 Å². The number of rotatable bonds is 16. The summed E-state index contributed by atoms with van der Waals surface area (Å²) in [5.74, 6) is -3.70. The number of likely N-dealkylation sites (N-methyl/N-ethyl adjacent to an activating group) is 4. The Kier molecular flexibility index (Phi) is 21.0. The molecular formula is C32H56N8O12. The molecule has 0 aliphatic carbocycles. The van der Waals surface area contributed by atoms with Crippen LogP contribution >= 0.6 is 0 Å². The minimum absolute atomic E-state index is 0.0747. The van der Waals surface area contributed by atoms with E-state index in [1.807, 2.05) is 19.6 Å². The molecule has 20 nitrogen and oxygen atoms in total. The summed E-state index contributed by atoms with van der Waals surface area (Å²) < 4.78 is 18.7. The van der Waals surface area contributed by atoms with Crippen LogP contribution < -0.4 is 0 Å². The van der Waals surface area contributed by atoms with Gasteiger partial charge in [0.1, 0.15) is 26.2 Å². The number of ether oxygens (including phenoxy) is 4. The quantitative estimate of drug-likeness (QED) is 0.109. The highest BCUT2D eigenvalue weighted by Crippen LogP contribution is 2.05. The third-order valence-electron chi connectivity index (χ3n) is 8.44. The number of esters is 4. The van der Waals surface area contributed by atoms with Gasteiger partial charge in [0.05, 0.1) is 54.6 Å². The summed E-state index contributed by atoms with van der Waals surface area (Å²) in [7, 11) is 10.8. The van der Waals surface area contributed by atoms with Gasteiger partial charge in [-0.1, -0.05) is 0 Å². The van der Waals surface area contributed by atoms with Crippen molar-refractivity contribution >= 4 is 47.5 Å². The Morgan fingerprint density at radius 1 is 0.365 bits per heavy atom. The molecule has 0 saturated carbocycles. The van der Waals surface area contributed by atoms with Crippen LogP contribution in [0, 0.1) is 0 Å². The van der Waals surface area contributed by atoms with Gasteiger partial charge in [0.25, 0.3) is 0 Å². The summed E-state index contributed by atoms with van der Waals surface area (Å²) in [5.41, 5.74) is 0. The molecule has 20 heteroatoms. The zero-order chi connectivity index (χ0) is 39.4. The highest BCUT2D eigenvalue weighted by atomic mass is 16.5. The average molecular weight is 745 g/mol. The molecule has 1 saturated heterocycles. The lowest BCUT2D eigenvalue weighted by molar-refractivity contribution is -0.147. The van der Waals surface area contributed by atoms with Crippen LogP contribution in [-0.2, 0) is 57.3 Å². The second-order valence-corrected chi connectivity index (χ2v) is 12.4. The van der Waals surface area contributed by atoms with Crippen molar-refractivity contribution in [3.05, 3.63) is 0 Å². The zero-order valence-corrected chi connectivity index (χ0v) is 31.8. The van der Waals surface area contributed by atoms with Crippen molar-refractivity contribution in [1.82, 2.24) is 39.2 Å². The molecule has 0 atom stereocenters. The second-order valence-electron chi connectivity index (χ2n) is 12.4. The molecular weight excluding hydrogens is 688 g/mol. The molecule has 1 aliphatic rings. The average Bonchev–Trinajstić information content (AvgIpc) is 3.11. The molecule has 0 aromatic heterocycles.